The molecular weight excluding hydrogens is 372 g/mol. The molecule has 0 saturated heterocycles. The summed E-state index contributed by atoms with van der Waals surface area (Å²) in [6.07, 6.45) is 0. The Morgan fingerprint density at radius 3 is 2.57 bits per heavy atom. The van der Waals surface area contributed by atoms with E-state index < -0.39 is 0 Å². The number of hydrogen-bond acceptors (Lipinski definition) is 5. The maximum atomic E-state index is 12.5. The van der Waals surface area contributed by atoms with Gasteiger partial charge in [0.05, 0.1) is 13.7 Å². The Morgan fingerprint density at radius 2 is 1.93 bits per heavy atom. The lowest BCUT2D eigenvalue weighted by atomic mass is 10.2. The Labute approximate surface area is 169 Å². The largest absolute Gasteiger partial charge is 0.497 e. The van der Waals surface area contributed by atoms with Crippen LogP contribution in [0.4, 0.5) is 0 Å². The van der Waals surface area contributed by atoms with Gasteiger partial charge >= 0.3 is 0 Å². The fraction of sp³-hybridized carbons (Fsp3) is 0.286. The molecule has 3 aromatic rings. The molecule has 0 unspecified atom stereocenters. The number of thioether (sulfide) groups is 1. The van der Waals surface area contributed by atoms with E-state index in [2.05, 4.69) is 35.4 Å². The molecule has 0 aliphatic heterocycles. The second-order valence-corrected chi connectivity index (χ2v) is 8.19. The minimum atomic E-state index is -0.167. The molecular formula is C21H24N4O2S. The number of rotatable bonds is 7. The van der Waals surface area contributed by atoms with Gasteiger partial charge in [0.1, 0.15) is 5.75 Å². The molecule has 0 bridgehead atoms. The zero-order chi connectivity index (χ0) is 20.1. The molecule has 0 radical (unpaired) electrons. The van der Waals surface area contributed by atoms with Crippen molar-refractivity contribution in [3.05, 3.63) is 65.5 Å². The average molecular weight is 397 g/mol. The minimum absolute atomic E-state index is 0.167. The van der Waals surface area contributed by atoms with Crippen LogP contribution in [-0.2, 0) is 6.54 Å². The van der Waals surface area contributed by atoms with E-state index in [1.54, 1.807) is 43.1 Å². The first kappa shape index (κ1) is 19.9. The highest BCUT2D eigenvalue weighted by Crippen LogP contribution is 2.25. The van der Waals surface area contributed by atoms with Crippen LogP contribution in [0.15, 0.2) is 53.7 Å². The van der Waals surface area contributed by atoms with Gasteiger partial charge in [0.2, 0.25) is 0 Å². The van der Waals surface area contributed by atoms with E-state index in [1.807, 2.05) is 29.7 Å². The second kappa shape index (κ2) is 8.93. The molecule has 7 heteroatoms. The molecule has 3 rings (SSSR count). The number of carbonyl (C=O) groups is 1. The monoisotopic (exact) mass is 396 g/mol. The van der Waals surface area contributed by atoms with Crippen molar-refractivity contribution in [2.24, 2.45) is 0 Å². The maximum Gasteiger partial charge on any atom is 0.251 e. The van der Waals surface area contributed by atoms with E-state index in [9.17, 15) is 4.79 Å². The van der Waals surface area contributed by atoms with Crippen molar-refractivity contribution in [3.8, 4) is 11.4 Å². The lowest BCUT2D eigenvalue weighted by Crippen LogP contribution is -2.24. The van der Waals surface area contributed by atoms with Crippen LogP contribution in [0.5, 0.6) is 5.75 Å². The van der Waals surface area contributed by atoms with Crippen LogP contribution in [0.1, 0.15) is 35.6 Å². The molecule has 0 fully saturated rings. The van der Waals surface area contributed by atoms with Gasteiger partial charge < -0.3 is 10.1 Å². The zero-order valence-corrected chi connectivity index (χ0v) is 17.3. The molecule has 1 aromatic heterocycles. The quantitative estimate of drug-likeness (QED) is 0.611. The molecule has 2 aromatic carbocycles. The predicted octanol–water partition coefficient (Wildman–Crippen LogP) is 4.01. The smallest absolute Gasteiger partial charge is 0.251 e. The third kappa shape index (κ3) is 4.72. The summed E-state index contributed by atoms with van der Waals surface area (Å²) >= 11 is 1.64. The van der Waals surface area contributed by atoms with Crippen LogP contribution in [0.2, 0.25) is 0 Å². The predicted molar refractivity (Wildman–Crippen MR) is 111 cm³/mol. The highest BCUT2D eigenvalue weighted by molar-refractivity contribution is 7.99. The number of nitrogens with one attached hydrogen (secondary N) is 1. The van der Waals surface area contributed by atoms with Crippen LogP contribution < -0.4 is 10.1 Å². The van der Waals surface area contributed by atoms with Crippen LogP contribution in [-0.4, -0.2) is 33.0 Å². The van der Waals surface area contributed by atoms with Crippen LogP contribution in [0, 0.1) is 6.92 Å². The molecule has 0 atom stereocenters. The number of aromatic nitrogens is 3. The molecule has 0 aliphatic rings. The summed E-state index contributed by atoms with van der Waals surface area (Å²) in [5, 5.41) is 12.8. The molecule has 0 spiro atoms. The van der Waals surface area contributed by atoms with Gasteiger partial charge in [-0.05, 0) is 48.9 Å². The van der Waals surface area contributed by atoms with Gasteiger partial charge in [-0.15, -0.1) is 10.2 Å². The minimum Gasteiger partial charge on any atom is -0.497 e. The number of methoxy groups -OCH3 is 1. The summed E-state index contributed by atoms with van der Waals surface area (Å²) in [6.45, 7) is 6.56. The molecule has 28 heavy (non-hydrogen) atoms. The van der Waals surface area contributed by atoms with Crippen molar-refractivity contribution in [1.29, 1.82) is 0 Å². The van der Waals surface area contributed by atoms with Gasteiger partial charge in [0.15, 0.2) is 11.0 Å². The van der Waals surface area contributed by atoms with Gasteiger partial charge in [-0.25, -0.2) is 0 Å². The van der Waals surface area contributed by atoms with Gasteiger partial charge in [-0.2, -0.15) is 0 Å². The summed E-state index contributed by atoms with van der Waals surface area (Å²) < 4.78 is 7.14. The van der Waals surface area contributed by atoms with E-state index in [0.29, 0.717) is 22.4 Å². The van der Waals surface area contributed by atoms with E-state index in [0.717, 1.165) is 16.4 Å². The molecule has 1 N–H and O–H groups in total. The standard InChI is InChI=1S/C21H24N4O2S/c1-14(2)28-21-24-23-19(25(21)17-7-5-6-15(3)12-17)13-22-20(26)16-8-10-18(27-4)11-9-16/h5-12,14H,13H2,1-4H3,(H,22,26). The number of carbonyl (C=O) groups excluding carboxylic acids is 1. The van der Waals surface area contributed by atoms with Gasteiger partial charge in [-0.1, -0.05) is 37.7 Å². The summed E-state index contributed by atoms with van der Waals surface area (Å²) in [4.78, 5) is 12.5. The third-order valence-corrected chi connectivity index (χ3v) is 5.01. The highest BCUT2D eigenvalue weighted by atomic mass is 32.2. The third-order valence-electron chi connectivity index (χ3n) is 4.06. The summed E-state index contributed by atoms with van der Waals surface area (Å²) in [7, 11) is 1.60. The van der Waals surface area contributed by atoms with Crippen LogP contribution in [0.25, 0.3) is 5.69 Å². The van der Waals surface area contributed by atoms with Gasteiger partial charge in [0.25, 0.3) is 5.91 Å². The van der Waals surface area contributed by atoms with Gasteiger partial charge in [0, 0.05) is 16.5 Å². The first-order valence-corrected chi connectivity index (χ1v) is 9.96. The zero-order valence-electron chi connectivity index (χ0n) is 16.5. The lowest BCUT2D eigenvalue weighted by molar-refractivity contribution is 0.0949. The van der Waals surface area contributed by atoms with Crippen LogP contribution in [0.3, 0.4) is 0 Å². The van der Waals surface area contributed by atoms with Crippen molar-refractivity contribution in [3.63, 3.8) is 0 Å². The number of benzene rings is 2. The summed E-state index contributed by atoms with van der Waals surface area (Å²) in [5.74, 6) is 1.24. The average Bonchev–Trinajstić information content (AvgIpc) is 3.08. The topological polar surface area (TPSA) is 69.0 Å². The molecule has 1 amide bonds. The fourth-order valence-corrected chi connectivity index (χ4v) is 3.56. The number of ether oxygens (including phenoxy) is 1. The fourth-order valence-electron chi connectivity index (χ4n) is 2.73. The van der Waals surface area contributed by atoms with Crippen LogP contribution >= 0.6 is 11.8 Å². The molecule has 146 valence electrons. The number of aryl methyl sites for hydroxylation is 1. The van der Waals surface area contributed by atoms with Gasteiger partial charge in [-0.3, -0.25) is 9.36 Å². The highest BCUT2D eigenvalue weighted by Gasteiger charge is 2.17. The lowest BCUT2D eigenvalue weighted by Gasteiger charge is -2.12. The Bertz CT molecular complexity index is 951. The van der Waals surface area contributed by atoms with Crippen molar-refractivity contribution < 1.29 is 9.53 Å². The van der Waals surface area contributed by atoms with E-state index in [4.69, 9.17) is 4.74 Å². The summed E-state index contributed by atoms with van der Waals surface area (Å²) in [5.41, 5.74) is 2.71. The Kier molecular flexibility index (Phi) is 6.36. The Balaban J connectivity index is 1.83. The van der Waals surface area contributed by atoms with Crippen molar-refractivity contribution >= 4 is 17.7 Å². The molecule has 0 aliphatic carbocycles. The number of hydrogen-bond donors (Lipinski definition) is 1. The first-order valence-electron chi connectivity index (χ1n) is 9.08. The Morgan fingerprint density at radius 1 is 1.18 bits per heavy atom. The SMILES string of the molecule is COc1ccc(C(=O)NCc2nnc(SC(C)C)n2-c2cccc(C)c2)cc1. The van der Waals surface area contributed by atoms with Crippen molar-refractivity contribution in [1.82, 2.24) is 20.1 Å². The molecule has 0 saturated carbocycles. The van der Waals surface area contributed by atoms with Crippen molar-refractivity contribution in [2.75, 3.05) is 7.11 Å². The molecule has 1 heterocycles. The van der Waals surface area contributed by atoms with E-state index in [1.165, 1.54) is 0 Å². The number of nitrogens with zero attached hydrogens (tertiary/aromatic N) is 3. The molecule has 6 nitrogen and oxygen atoms in total. The normalized spacial score (nSPS) is 10.9. The maximum absolute atomic E-state index is 12.5. The second-order valence-electron chi connectivity index (χ2n) is 6.65. The van der Waals surface area contributed by atoms with E-state index in [-0.39, 0.29) is 12.5 Å². The summed E-state index contributed by atoms with van der Waals surface area (Å²) in [6, 6.07) is 15.2. The van der Waals surface area contributed by atoms with E-state index >= 15 is 0 Å². The Hall–Kier alpha value is -2.80. The number of amides is 1. The first-order chi connectivity index (χ1) is 13.5. The van der Waals surface area contributed by atoms with Crippen molar-refractivity contribution in [2.45, 2.75) is 37.7 Å².